The summed E-state index contributed by atoms with van der Waals surface area (Å²) in [6.07, 6.45) is -0.992. The Bertz CT molecular complexity index is 1150. The number of carbonyl (C=O) groups is 3. The number of carboxylic acid groups (broad SMARTS) is 2. The minimum Gasteiger partial charge on any atom is -0.481 e. The predicted molar refractivity (Wildman–Crippen MR) is 126 cm³/mol. The highest BCUT2D eigenvalue weighted by Gasteiger charge is 2.31. The highest BCUT2D eigenvalue weighted by molar-refractivity contribution is 5.82. The van der Waals surface area contributed by atoms with Gasteiger partial charge in [0, 0.05) is 5.92 Å². The second-order valence-electron chi connectivity index (χ2n) is 8.32. The molecule has 0 spiro atoms. The minimum atomic E-state index is -1.39. The van der Waals surface area contributed by atoms with E-state index in [-0.39, 0.29) is 25.4 Å². The van der Waals surface area contributed by atoms with Gasteiger partial charge in [-0.3, -0.25) is 4.79 Å². The molecule has 174 valence electrons. The quantitative estimate of drug-likeness (QED) is 0.439. The van der Waals surface area contributed by atoms with Crippen LogP contribution in [-0.4, -0.2) is 40.9 Å². The Balaban J connectivity index is 1.41. The minimum absolute atomic E-state index is 0.0403. The highest BCUT2D eigenvalue weighted by Crippen LogP contribution is 2.44. The summed E-state index contributed by atoms with van der Waals surface area (Å²) in [5.74, 6) is -3.57. The number of nitrogens with one attached hydrogen (secondary N) is 1. The Morgan fingerprint density at radius 3 is 1.91 bits per heavy atom. The summed E-state index contributed by atoms with van der Waals surface area (Å²) >= 11 is 0. The molecule has 7 heteroatoms. The SMILES string of the molecule is O=C(NC(CC(Cc1ccccc1)C(=O)O)C(=O)O)OCC1c2ccccc2-c2ccccc21. The number of aliphatic carboxylic acids is 2. The lowest BCUT2D eigenvalue weighted by Crippen LogP contribution is -2.43. The third-order valence-corrected chi connectivity index (χ3v) is 6.13. The lowest BCUT2D eigenvalue weighted by Gasteiger charge is -2.20. The van der Waals surface area contributed by atoms with E-state index in [0.29, 0.717) is 0 Å². The Morgan fingerprint density at radius 2 is 1.35 bits per heavy atom. The van der Waals surface area contributed by atoms with Crippen molar-refractivity contribution in [2.24, 2.45) is 5.92 Å². The molecule has 1 amide bonds. The number of benzene rings is 3. The Hall–Kier alpha value is -4.13. The van der Waals surface area contributed by atoms with Gasteiger partial charge in [0.2, 0.25) is 0 Å². The van der Waals surface area contributed by atoms with E-state index in [1.165, 1.54) is 0 Å². The van der Waals surface area contributed by atoms with Crippen molar-refractivity contribution < 1.29 is 29.3 Å². The molecule has 0 fully saturated rings. The van der Waals surface area contributed by atoms with E-state index in [1.807, 2.05) is 54.6 Å². The zero-order valence-corrected chi connectivity index (χ0v) is 18.4. The molecule has 0 radical (unpaired) electrons. The van der Waals surface area contributed by atoms with Crippen LogP contribution in [0.3, 0.4) is 0 Å². The van der Waals surface area contributed by atoms with E-state index in [1.54, 1.807) is 24.3 Å². The summed E-state index contributed by atoms with van der Waals surface area (Å²) in [5, 5.41) is 21.5. The number of carboxylic acids is 2. The van der Waals surface area contributed by atoms with Gasteiger partial charge in [-0.25, -0.2) is 9.59 Å². The van der Waals surface area contributed by atoms with Gasteiger partial charge in [-0.1, -0.05) is 78.9 Å². The normalized spacial score (nSPS) is 13.9. The fraction of sp³-hybridized carbons (Fsp3) is 0.222. The molecule has 7 nitrogen and oxygen atoms in total. The first-order valence-corrected chi connectivity index (χ1v) is 11.0. The van der Waals surface area contributed by atoms with Crippen LogP contribution < -0.4 is 5.32 Å². The van der Waals surface area contributed by atoms with Crippen LogP contribution in [0.1, 0.15) is 29.0 Å². The number of amides is 1. The Kier molecular flexibility index (Phi) is 6.92. The highest BCUT2D eigenvalue weighted by atomic mass is 16.5. The van der Waals surface area contributed by atoms with Gasteiger partial charge >= 0.3 is 18.0 Å². The van der Waals surface area contributed by atoms with Crippen molar-refractivity contribution in [2.75, 3.05) is 6.61 Å². The molecule has 0 bridgehead atoms. The molecular weight excluding hydrogens is 434 g/mol. The number of fused-ring (bicyclic) bond motifs is 3. The maximum Gasteiger partial charge on any atom is 0.407 e. The van der Waals surface area contributed by atoms with Crippen LogP contribution >= 0.6 is 0 Å². The third-order valence-electron chi connectivity index (χ3n) is 6.13. The molecule has 0 heterocycles. The zero-order valence-electron chi connectivity index (χ0n) is 18.4. The molecule has 0 saturated carbocycles. The van der Waals surface area contributed by atoms with Gasteiger partial charge in [0.05, 0.1) is 5.92 Å². The van der Waals surface area contributed by atoms with Gasteiger partial charge in [-0.15, -0.1) is 0 Å². The lowest BCUT2D eigenvalue weighted by molar-refractivity contribution is -0.144. The molecule has 0 aromatic heterocycles. The van der Waals surface area contributed by atoms with Crippen molar-refractivity contribution >= 4 is 18.0 Å². The molecule has 2 unspecified atom stereocenters. The monoisotopic (exact) mass is 459 g/mol. The summed E-state index contributed by atoms with van der Waals surface area (Å²) in [4.78, 5) is 36.0. The van der Waals surface area contributed by atoms with Crippen LogP contribution in [0.25, 0.3) is 11.1 Å². The number of alkyl carbamates (subject to hydrolysis) is 1. The van der Waals surface area contributed by atoms with Crippen LogP contribution in [-0.2, 0) is 20.7 Å². The molecule has 3 aromatic carbocycles. The summed E-state index contributed by atoms with van der Waals surface area (Å²) < 4.78 is 5.42. The second kappa shape index (κ2) is 10.2. The van der Waals surface area contributed by atoms with Crippen LogP contribution in [0, 0.1) is 5.92 Å². The fourth-order valence-corrected chi connectivity index (χ4v) is 4.46. The standard InChI is InChI=1S/C27H25NO6/c29-25(30)18(14-17-8-2-1-3-9-17)15-24(26(31)32)28-27(33)34-16-23-21-12-6-4-10-19(21)20-11-5-7-13-22(20)23/h1-13,18,23-24H,14-16H2,(H,28,33)(H,29,30)(H,31,32). The maximum absolute atomic E-state index is 12.5. The topological polar surface area (TPSA) is 113 Å². The van der Waals surface area contributed by atoms with Crippen LogP contribution in [0.5, 0.6) is 0 Å². The van der Waals surface area contributed by atoms with Gasteiger partial charge < -0.3 is 20.3 Å². The molecule has 34 heavy (non-hydrogen) atoms. The van der Waals surface area contributed by atoms with E-state index in [2.05, 4.69) is 5.32 Å². The summed E-state index contributed by atoms with van der Waals surface area (Å²) in [7, 11) is 0. The summed E-state index contributed by atoms with van der Waals surface area (Å²) in [6.45, 7) is 0.0403. The Morgan fingerprint density at radius 1 is 0.794 bits per heavy atom. The molecular formula is C27H25NO6. The number of ether oxygens (including phenoxy) is 1. The maximum atomic E-state index is 12.5. The number of carbonyl (C=O) groups excluding carboxylic acids is 1. The predicted octanol–water partition coefficient (Wildman–Crippen LogP) is 4.31. The van der Waals surface area contributed by atoms with E-state index in [9.17, 15) is 24.6 Å². The van der Waals surface area contributed by atoms with E-state index in [0.717, 1.165) is 27.8 Å². The second-order valence-corrected chi connectivity index (χ2v) is 8.32. The van der Waals surface area contributed by atoms with Crippen molar-refractivity contribution in [2.45, 2.75) is 24.8 Å². The fourth-order valence-electron chi connectivity index (χ4n) is 4.46. The zero-order chi connectivity index (χ0) is 24.1. The largest absolute Gasteiger partial charge is 0.481 e. The van der Waals surface area contributed by atoms with Crippen molar-refractivity contribution in [3.8, 4) is 11.1 Å². The summed E-state index contributed by atoms with van der Waals surface area (Å²) in [6, 6.07) is 23.4. The average molecular weight is 459 g/mol. The van der Waals surface area contributed by atoms with Crippen molar-refractivity contribution in [1.29, 1.82) is 0 Å². The number of rotatable bonds is 9. The smallest absolute Gasteiger partial charge is 0.407 e. The van der Waals surface area contributed by atoms with Gasteiger partial charge in [-0.05, 0) is 40.7 Å². The van der Waals surface area contributed by atoms with E-state index < -0.39 is 30.0 Å². The third kappa shape index (κ3) is 5.09. The molecule has 2 atom stereocenters. The van der Waals surface area contributed by atoms with Crippen molar-refractivity contribution in [1.82, 2.24) is 5.32 Å². The van der Waals surface area contributed by atoms with E-state index in [4.69, 9.17) is 4.74 Å². The van der Waals surface area contributed by atoms with Crippen molar-refractivity contribution in [3.63, 3.8) is 0 Å². The van der Waals surface area contributed by atoms with Crippen molar-refractivity contribution in [3.05, 3.63) is 95.6 Å². The number of hydrogen-bond acceptors (Lipinski definition) is 4. The molecule has 1 aliphatic rings. The lowest BCUT2D eigenvalue weighted by atomic mass is 9.93. The first-order chi connectivity index (χ1) is 16.4. The first kappa shape index (κ1) is 23.0. The number of hydrogen-bond donors (Lipinski definition) is 3. The average Bonchev–Trinajstić information content (AvgIpc) is 3.16. The van der Waals surface area contributed by atoms with Gasteiger partial charge in [0.25, 0.3) is 0 Å². The molecule has 0 aliphatic heterocycles. The molecule has 4 rings (SSSR count). The molecule has 0 saturated heterocycles. The van der Waals surface area contributed by atoms with Gasteiger partial charge in [0.1, 0.15) is 12.6 Å². The Labute approximate surface area is 197 Å². The first-order valence-electron chi connectivity index (χ1n) is 11.0. The summed E-state index contributed by atoms with van der Waals surface area (Å²) in [5.41, 5.74) is 5.03. The molecule has 3 aromatic rings. The van der Waals surface area contributed by atoms with E-state index >= 15 is 0 Å². The van der Waals surface area contributed by atoms with Crippen LogP contribution in [0.15, 0.2) is 78.9 Å². The molecule has 1 aliphatic carbocycles. The van der Waals surface area contributed by atoms with Gasteiger partial charge in [-0.2, -0.15) is 0 Å². The van der Waals surface area contributed by atoms with Crippen LogP contribution in [0.4, 0.5) is 4.79 Å². The molecule has 3 N–H and O–H groups in total. The van der Waals surface area contributed by atoms with Gasteiger partial charge in [0.15, 0.2) is 0 Å². The van der Waals surface area contributed by atoms with Crippen LogP contribution in [0.2, 0.25) is 0 Å².